The van der Waals surface area contributed by atoms with Crippen LogP contribution in [0.25, 0.3) is 0 Å². The molecule has 2 aromatic rings. The summed E-state index contributed by atoms with van der Waals surface area (Å²) in [6, 6.07) is 8.20. The van der Waals surface area contributed by atoms with E-state index in [9.17, 15) is 22.8 Å². The fourth-order valence-corrected chi connectivity index (χ4v) is 2.91. The number of hydrogen-bond acceptors (Lipinski definition) is 4. The van der Waals surface area contributed by atoms with E-state index in [1.54, 1.807) is 29.2 Å². The second kappa shape index (κ2) is 7.87. The van der Waals surface area contributed by atoms with Crippen molar-refractivity contribution < 1.29 is 27.5 Å². The summed E-state index contributed by atoms with van der Waals surface area (Å²) in [6.45, 7) is 2.07. The molecule has 1 N–H and O–H groups in total. The van der Waals surface area contributed by atoms with E-state index in [2.05, 4.69) is 10.3 Å². The van der Waals surface area contributed by atoms with Gasteiger partial charge in [0.2, 0.25) is 11.8 Å². The number of likely N-dealkylation sites (tertiary alicyclic amines) is 1. The molecular formula is C19H18F3N3O3. The van der Waals surface area contributed by atoms with Crippen LogP contribution in [0.1, 0.15) is 29.3 Å². The van der Waals surface area contributed by atoms with Crippen LogP contribution in [0.5, 0.6) is 5.88 Å². The molecule has 6 nitrogen and oxygen atoms in total. The molecule has 0 spiro atoms. The molecule has 1 saturated heterocycles. The first-order valence-corrected chi connectivity index (χ1v) is 8.59. The molecule has 0 aliphatic carbocycles. The number of carbonyl (C=O) groups is 2. The monoisotopic (exact) mass is 393 g/mol. The predicted molar refractivity (Wildman–Crippen MR) is 94.9 cm³/mol. The molecule has 0 saturated carbocycles. The van der Waals surface area contributed by atoms with Crippen molar-refractivity contribution in [2.75, 3.05) is 18.4 Å². The van der Waals surface area contributed by atoms with Crippen molar-refractivity contribution in [3.8, 4) is 5.88 Å². The highest BCUT2D eigenvalue weighted by Crippen LogP contribution is 2.31. The lowest BCUT2D eigenvalue weighted by Gasteiger charge is -2.17. The fraction of sp³-hybridized carbons (Fsp3) is 0.316. The zero-order valence-electron chi connectivity index (χ0n) is 15.0. The summed E-state index contributed by atoms with van der Waals surface area (Å²) in [5.74, 6) is -0.534. The van der Waals surface area contributed by atoms with Crippen LogP contribution in [0, 0.1) is 0 Å². The number of hydrogen-bond donors (Lipinski definition) is 1. The number of benzene rings is 1. The third-order valence-electron chi connectivity index (χ3n) is 4.23. The molecule has 28 heavy (non-hydrogen) atoms. The predicted octanol–water partition coefficient (Wildman–Crippen LogP) is 3.35. The number of rotatable bonds is 4. The Bertz CT molecular complexity index is 869. The summed E-state index contributed by atoms with van der Waals surface area (Å²) in [5, 5.41) is 2.62. The molecule has 148 valence electrons. The topological polar surface area (TPSA) is 71.5 Å². The number of nitrogens with zero attached hydrogens (tertiary/aromatic N) is 2. The van der Waals surface area contributed by atoms with Crippen LogP contribution < -0.4 is 10.1 Å². The summed E-state index contributed by atoms with van der Waals surface area (Å²) in [6.07, 6.45) is -3.36. The van der Waals surface area contributed by atoms with E-state index in [-0.39, 0.29) is 24.2 Å². The van der Waals surface area contributed by atoms with E-state index in [0.717, 1.165) is 18.3 Å². The summed E-state index contributed by atoms with van der Waals surface area (Å²) < 4.78 is 43.9. The van der Waals surface area contributed by atoms with E-state index in [0.29, 0.717) is 24.2 Å². The maximum Gasteiger partial charge on any atom is 0.416 e. The molecule has 1 aromatic heterocycles. The molecule has 1 aromatic carbocycles. The minimum atomic E-state index is -4.47. The van der Waals surface area contributed by atoms with Crippen molar-refractivity contribution in [3.05, 3.63) is 53.7 Å². The SMILES string of the molecule is CC(=O)Nc1ccc(C(=O)N2CCC(Oc3cc(C(F)(F)F)ccn3)C2)cc1. The highest BCUT2D eigenvalue weighted by molar-refractivity contribution is 5.95. The first-order valence-electron chi connectivity index (χ1n) is 8.59. The lowest BCUT2D eigenvalue weighted by molar-refractivity contribution is -0.137. The molecule has 1 aliphatic rings. The second-order valence-corrected chi connectivity index (χ2v) is 6.42. The van der Waals surface area contributed by atoms with E-state index >= 15 is 0 Å². The number of anilines is 1. The fourth-order valence-electron chi connectivity index (χ4n) is 2.91. The number of alkyl halides is 3. The summed E-state index contributed by atoms with van der Waals surface area (Å²) in [5.41, 5.74) is 0.205. The van der Waals surface area contributed by atoms with Crippen LogP contribution in [-0.2, 0) is 11.0 Å². The zero-order valence-corrected chi connectivity index (χ0v) is 15.0. The van der Waals surface area contributed by atoms with Gasteiger partial charge in [0.15, 0.2) is 0 Å². The average molecular weight is 393 g/mol. The van der Waals surface area contributed by atoms with E-state index in [4.69, 9.17) is 4.74 Å². The van der Waals surface area contributed by atoms with Gasteiger partial charge in [0.25, 0.3) is 5.91 Å². The normalized spacial score (nSPS) is 16.7. The van der Waals surface area contributed by atoms with Gasteiger partial charge >= 0.3 is 6.18 Å². The Labute approximate surface area is 159 Å². The lowest BCUT2D eigenvalue weighted by atomic mass is 10.2. The first-order chi connectivity index (χ1) is 13.2. The maximum atomic E-state index is 12.8. The Morgan fingerprint density at radius 3 is 2.57 bits per heavy atom. The van der Waals surface area contributed by atoms with Crippen LogP contribution in [0.2, 0.25) is 0 Å². The molecule has 0 bridgehead atoms. The van der Waals surface area contributed by atoms with Gasteiger partial charge in [-0.25, -0.2) is 4.98 Å². The standard InChI is InChI=1S/C19H18F3N3O3/c1-12(26)24-15-4-2-13(3-5-15)18(27)25-9-7-16(11-25)28-17-10-14(6-8-23-17)19(20,21)22/h2-6,8,10,16H,7,9,11H2,1H3,(H,24,26). The molecule has 2 amide bonds. The van der Waals surface area contributed by atoms with Gasteiger partial charge in [-0.1, -0.05) is 0 Å². The molecule has 1 aliphatic heterocycles. The van der Waals surface area contributed by atoms with Crippen LogP contribution >= 0.6 is 0 Å². The van der Waals surface area contributed by atoms with E-state index < -0.39 is 17.8 Å². The number of nitrogens with one attached hydrogen (secondary N) is 1. The lowest BCUT2D eigenvalue weighted by Crippen LogP contribution is -2.31. The molecule has 0 radical (unpaired) electrons. The third kappa shape index (κ3) is 4.79. The number of amides is 2. The number of pyridine rings is 1. The second-order valence-electron chi connectivity index (χ2n) is 6.42. The van der Waals surface area contributed by atoms with Gasteiger partial charge in [-0.05, 0) is 30.3 Å². The van der Waals surface area contributed by atoms with Crippen LogP contribution in [-0.4, -0.2) is 40.9 Å². The number of aromatic nitrogens is 1. The van der Waals surface area contributed by atoms with E-state index in [1.807, 2.05) is 0 Å². The Morgan fingerprint density at radius 1 is 1.21 bits per heavy atom. The van der Waals surface area contributed by atoms with Crippen molar-refractivity contribution in [1.82, 2.24) is 9.88 Å². The van der Waals surface area contributed by atoms with Gasteiger partial charge in [0.1, 0.15) is 6.10 Å². The van der Waals surface area contributed by atoms with Gasteiger partial charge in [-0.2, -0.15) is 13.2 Å². The highest BCUT2D eigenvalue weighted by Gasteiger charge is 2.32. The number of halogens is 3. The summed E-state index contributed by atoms with van der Waals surface area (Å²) in [7, 11) is 0. The highest BCUT2D eigenvalue weighted by atomic mass is 19.4. The van der Waals surface area contributed by atoms with Gasteiger partial charge in [-0.15, -0.1) is 0 Å². The molecular weight excluding hydrogens is 375 g/mol. The summed E-state index contributed by atoms with van der Waals surface area (Å²) >= 11 is 0. The van der Waals surface area contributed by atoms with Crippen LogP contribution in [0.15, 0.2) is 42.6 Å². The first kappa shape index (κ1) is 19.7. The number of ether oxygens (including phenoxy) is 1. The smallest absolute Gasteiger partial charge is 0.416 e. The van der Waals surface area contributed by atoms with Crippen LogP contribution in [0.3, 0.4) is 0 Å². The molecule has 1 unspecified atom stereocenters. The van der Waals surface area contributed by atoms with Gasteiger partial charge in [-0.3, -0.25) is 9.59 Å². The molecule has 2 heterocycles. The Morgan fingerprint density at radius 2 is 1.93 bits per heavy atom. The number of carbonyl (C=O) groups excluding carboxylic acids is 2. The van der Waals surface area contributed by atoms with E-state index in [1.165, 1.54) is 6.92 Å². The van der Waals surface area contributed by atoms with Gasteiger partial charge < -0.3 is 15.0 Å². The van der Waals surface area contributed by atoms with Gasteiger partial charge in [0, 0.05) is 43.4 Å². The Hall–Kier alpha value is -3.10. The molecule has 9 heteroatoms. The molecule has 1 fully saturated rings. The Balaban J connectivity index is 1.60. The van der Waals surface area contributed by atoms with Crippen molar-refractivity contribution >= 4 is 17.5 Å². The zero-order chi connectivity index (χ0) is 20.3. The minimum absolute atomic E-state index is 0.117. The average Bonchev–Trinajstić information content (AvgIpc) is 3.09. The molecule has 1 atom stereocenters. The summed E-state index contributed by atoms with van der Waals surface area (Å²) in [4.78, 5) is 29.0. The van der Waals surface area contributed by atoms with Gasteiger partial charge in [0.05, 0.1) is 12.1 Å². The largest absolute Gasteiger partial charge is 0.472 e. The van der Waals surface area contributed by atoms with Crippen molar-refractivity contribution in [1.29, 1.82) is 0 Å². The molecule has 3 rings (SSSR count). The Kier molecular flexibility index (Phi) is 5.53. The van der Waals surface area contributed by atoms with Crippen LogP contribution in [0.4, 0.5) is 18.9 Å². The minimum Gasteiger partial charge on any atom is -0.472 e. The third-order valence-corrected chi connectivity index (χ3v) is 4.23. The maximum absolute atomic E-state index is 12.8. The van der Waals surface area contributed by atoms with Crippen molar-refractivity contribution in [2.45, 2.75) is 25.6 Å². The van der Waals surface area contributed by atoms with Crippen molar-refractivity contribution in [2.24, 2.45) is 0 Å². The quantitative estimate of drug-likeness (QED) is 0.865. The van der Waals surface area contributed by atoms with Crippen molar-refractivity contribution in [3.63, 3.8) is 0 Å².